The fourth-order valence-electron chi connectivity index (χ4n) is 2.31. The van der Waals surface area contributed by atoms with Gasteiger partial charge in [0, 0.05) is 17.3 Å². The zero-order chi connectivity index (χ0) is 17.6. The summed E-state index contributed by atoms with van der Waals surface area (Å²) in [6.45, 7) is 1.27. The van der Waals surface area contributed by atoms with Crippen LogP contribution >= 0.6 is 0 Å². The summed E-state index contributed by atoms with van der Waals surface area (Å²) in [5.74, 6) is -1.20. The number of carbonyl (C=O) groups is 2. The van der Waals surface area contributed by atoms with Gasteiger partial charge in [0.2, 0.25) is 5.76 Å². The van der Waals surface area contributed by atoms with E-state index in [1.54, 1.807) is 13.0 Å². The first-order chi connectivity index (χ1) is 12.1. The molecule has 3 rings (SSSR count). The molecule has 0 aliphatic carbocycles. The Balaban J connectivity index is 1.65. The third kappa shape index (κ3) is 4.11. The minimum Gasteiger partial charge on any atom is -0.450 e. The molecule has 25 heavy (non-hydrogen) atoms. The van der Waals surface area contributed by atoms with E-state index in [2.05, 4.69) is 10.5 Å². The molecule has 0 saturated carbocycles. The molecule has 0 radical (unpaired) electrons. The Bertz CT molecular complexity index is 887. The summed E-state index contributed by atoms with van der Waals surface area (Å²) in [5, 5.41) is 6.36. The zero-order valence-corrected chi connectivity index (χ0v) is 13.6. The fourth-order valence-corrected chi connectivity index (χ4v) is 2.31. The standard InChI is InChI=1S/C19H16N2O4/c1-13-11-17(25-21-13)19(23)24-12-18(22)20-16-10-6-5-9-15(16)14-7-3-2-4-8-14/h2-11H,12H2,1H3,(H,20,22). The lowest BCUT2D eigenvalue weighted by atomic mass is 10.0. The highest BCUT2D eigenvalue weighted by molar-refractivity contribution is 5.97. The molecule has 0 saturated heterocycles. The van der Waals surface area contributed by atoms with Crippen molar-refractivity contribution in [3.8, 4) is 11.1 Å². The number of hydrogen-bond donors (Lipinski definition) is 1. The number of aryl methyl sites for hydroxylation is 1. The van der Waals surface area contributed by atoms with Crippen molar-refractivity contribution in [1.29, 1.82) is 0 Å². The van der Waals surface area contributed by atoms with E-state index < -0.39 is 18.5 Å². The Morgan fingerprint density at radius 2 is 1.80 bits per heavy atom. The van der Waals surface area contributed by atoms with Crippen LogP contribution in [-0.2, 0) is 9.53 Å². The maximum absolute atomic E-state index is 12.1. The normalized spacial score (nSPS) is 10.3. The van der Waals surface area contributed by atoms with Crippen molar-refractivity contribution < 1.29 is 18.8 Å². The van der Waals surface area contributed by atoms with E-state index in [0.717, 1.165) is 11.1 Å². The van der Waals surface area contributed by atoms with E-state index >= 15 is 0 Å². The lowest BCUT2D eigenvalue weighted by Crippen LogP contribution is -2.21. The Labute approximate surface area is 144 Å². The van der Waals surface area contributed by atoms with Crippen LogP contribution in [0.15, 0.2) is 65.2 Å². The maximum Gasteiger partial charge on any atom is 0.377 e. The van der Waals surface area contributed by atoms with Crippen LogP contribution < -0.4 is 5.32 Å². The number of aromatic nitrogens is 1. The second-order valence-corrected chi connectivity index (χ2v) is 5.37. The molecule has 0 unspecified atom stereocenters. The van der Waals surface area contributed by atoms with E-state index in [1.165, 1.54) is 6.07 Å². The van der Waals surface area contributed by atoms with Gasteiger partial charge in [-0.1, -0.05) is 53.7 Å². The molecule has 3 aromatic rings. The molecule has 0 aliphatic rings. The number of amides is 1. The van der Waals surface area contributed by atoms with Gasteiger partial charge in [-0.05, 0) is 18.6 Å². The van der Waals surface area contributed by atoms with E-state index in [1.807, 2.05) is 48.5 Å². The van der Waals surface area contributed by atoms with Gasteiger partial charge in [0.05, 0.1) is 5.69 Å². The van der Waals surface area contributed by atoms with Crippen LogP contribution in [0.4, 0.5) is 5.69 Å². The summed E-state index contributed by atoms with van der Waals surface area (Å²) >= 11 is 0. The molecule has 1 amide bonds. The Kier molecular flexibility index (Phi) is 4.89. The zero-order valence-electron chi connectivity index (χ0n) is 13.6. The summed E-state index contributed by atoms with van der Waals surface area (Å²) < 4.78 is 9.73. The number of carbonyl (C=O) groups excluding carboxylic acids is 2. The Morgan fingerprint density at radius 3 is 2.52 bits per heavy atom. The van der Waals surface area contributed by atoms with Crippen LogP contribution in [0.2, 0.25) is 0 Å². The summed E-state index contributed by atoms with van der Waals surface area (Å²) in [5.41, 5.74) is 3.07. The van der Waals surface area contributed by atoms with Crippen LogP contribution in [-0.4, -0.2) is 23.6 Å². The number of anilines is 1. The highest BCUT2D eigenvalue weighted by Crippen LogP contribution is 2.27. The van der Waals surface area contributed by atoms with Crippen LogP contribution in [0.5, 0.6) is 0 Å². The van der Waals surface area contributed by atoms with Gasteiger partial charge < -0.3 is 14.6 Å². The largest absolute Gasteiger partial charge is 0.450 e. The van der Waals surface area contributed by atoms with Gasteiger partial charge in [-0.3, -0.25) is 4.79 Å². The molecule has 0 atom stereocenters. The van der Waals surface area contributed by atoms with Crippen LogP contribution in [0.1, 0.15) is 16.2 Å². The van der Waals surface area contributed by atoms with Gasteiger partial charge in [0.1, 0.15) is 0 Å². The van der Waals surface area contributed by atoms with Crippen molar-refractivity contribution in [2.24, 2.45) is 0 Å². The number of esters is 1. The summed E-state index contributed by atoms with van der Waals surface area (Å²) in [6.07, 6.45) is 0. The second-order valence-electron chi connectivity index (χ2n) is 5.37. The molecular formula is C19H16N2O4. The molecule has 0 fully saturated rings. The average molecular weight is 336 g/mol. The SMILES string of the molecule is Cc1cc(C(=O)OCC(=O)Nc2ccccc2-c2ccccc2)on1. The first kappa shape index (κ1) is 16.4. The Morgan fingerprint density at radius 1 is 1.08 bits per heavy atom. The van der Waals surface area contributed by atoms with E-state index in [-0.39, 0.29) is 5.76 Å². The quantitative estimate of drug-likeness (QED) is 0.722. The minimum absolute atomic E-state index is 0.0324. The highest BCUT2D eigenvalue weighted by atomic mass is 16.6. The van der Waals surface area contributed by atoms with Gasteiger partial charge in [-0.2, -0.15) is 0 Å². The van der Waals surface area contributed by atoms with Gasteiger partial charge in [0.15, 0.2) is 6.61 Å². The van der Waals surface area contributed by atoms with Crippen LogP contribution in [0, 0.1) is 6.92 Å². The van der Waals surface area contributed by atoms with Crippen molar-refractivity contribution in [3.63, 3.8) is 0 Å². The van der Waals surface area contributed by atoms with Crippen molar-refractivity contribution in [3.05, 3.63) is 72.1 Å². The first-order valence-electron chi connectivity index (χ1n) is 7.68. The number of para-hydroxylation sites is 1. The number of nitrogens with one attached hydrogen (secondary N) is 1. The van der Waals surface area contributed by atoms with Gasteiger partial charge in [-0.25, -0.2) is 4.79 Å². The molecular weight excluding hydrogens is 320 g/mol. The summed E-state index contributed by atoms with van der Waals surface area (Å²) in [7, 11) is 0. The molecule has 0 aliphatic heterocycles. The van der Waals surface area contributed by atoms with Gasteiger partial charge in [-0.15, -0.1) is 0 Å². The molecule has 0 spiro atoms. The van der Waals surface area contributed by atoms with Crippen molar-refractivity contribution in [2.45, 2.75) is 6.92 Å². The predicted octanol–water partition coefficient (Wildman–Crippen LogP) is 3.45. The minimum atomic E-state index is -0.730. The van der Waals surface area contributed by atoms with E-state index in [9.17, 15) is 9.59 Å². The lowest BCUT2D eigenvalue weighted by Gasteiger charge is -2.11. The van der Waals surface area contributed by atoms with Gasteiger partial charge in [0.25, 0.3) is 5.91 Å². The maximum atomic E-state index is 12.1. The highest BCUT2D eigenvalue weighted by Gasteiger charge is 2.15. The van der Waals surface area contributed by atoms with Crippen LogP contribution in [0.3, 0.4) is 0 Å². The van der Waals surface area contributed by atoms with Gasteiger partial charge >= 0.3 is 5.97 Å². The van der Waals surface area contributed by atoms with E-state index in [4.69, 9.17) is 9.26 Å². The molecule has 0 bridgehead atoms. The van der Waals surface area contributed by atoms with Crippen molar-refractivity contribution in [2.75, 3.05) is 11.9 Å². The van der Waals surface area contributed by atoms with Crippen molar-refractivity contribution >= 4 is 17.6 Å². The number of nitrogens with zero attached hydrogens (tertiary/aromatic N) is 1. The molecule has 6 nitrogen and oxygen atoms in total. The topological polar surface area (TPSA) is 81.4 Å². The number of hydrogen-bond acceptors (Lipinski definition) is 5. The smallest absolute Gasteiger partial charge is 0.377 e. The molecule has 1 N–H and O–H groups in total. The lowest BCUT2D eigenvalue weighted by molar-refractivity contribution is -0.119. The molecule has 2 aromatic carbocycles. The molecule has 126 valence electrons. The number of ether oxygens (including phenoxy) is 1. The molecule has 1 heterocycles. The number of benzene rings is 2. The fraction of sp³-hybridized carbons (Fsp3) is 0.105. The first-order valence-corrected chi connectivity index (χ1v) is 7.68. The molecule has 1 aromatic heterocycles. The monoisotopic (exact) mass is 336 g/mol. The number of rotatable bonds is 5. The average Bonchev–Trinajstić information content (AvgIpc) is 3.07. The summed E-state index contributed by atoms with van der Waals surface area (Å²) in [6, 6.07) is 18.6. The van der Waals surface area contributed by atoms with Crippen LogP contribution in [0.25, 0.3) is 11.1 Å². The summed E-state index contributed by atoms with van der Waals surface area (Å²) in [4.78, 5) is 23.9. The Hall–Kier alpha value is -3.41. The third-order valence-corrected chi connectivity index (χ3v) is 3.45. The molecule has 6 heteroatoms. The van der Waals surface area contributed by atoms with Crippen molar-refractivity contribution in [1.82, 2.24) is 5.16 Å². The van der Waals surface area contributed by atoms with E-state index in [0.29, 0.717) is 11.4 Å². The third-order valence-electron chi connectivity index (χ3n) is 3.45. The second kappa shape index (κ2) is 7.44. The predicted molar refractivity (Wildman–Crippen MR) is 92.0 cm³/mol.